The third-order valence-corrected chi connectivity index (χ3v) is 12.6. The van der Waals surface area contributed by atoms with Crippen LogP contribution in [0.25, 0.3) is 0 Å². The Balaban J connectivity index is 0.00000264. The van der Waals surface area contributed by atoms with Gasteiger partial charge in [0.25, 0.3) is 0 Å². The third-order valence-electron chi connectivity index (χ3n) is 11.2. The molecule has 1 aromatic heterocycles. The molecule has 12 heteroatoms. The molecule has 11 atom stereocenters. The Bertz CT molecular complexity index is 1260. The van der Waals surface area contributed by atoms with E-state index in [1.165, 1.54) is 23.1 Å². The summed E-state index contributed by atoms with van der Waals surface area (Å²) in [5, 5.41) is 38.7. The van der Waals surface area contributed by atoms with Crippen molar-refractivity contribution in [1.82, 2.24) is 0 Å². The minimum absolute atomic E-state index is 0. The number of Topliss-reactive ketones (excluding diaryl/α,β-unsaturated/α-hetero) is 1. The number of aliphatic hydroxyl groups excluding tert-OH is 1. The molecule has 7 unspecified atom stereocenters. The molecule has 1 aromatic rings. The van der Waals surface area contributed by atoms with Gasteiger partial charge in [-0.15, -0.1) is 23.1 Å². The Hall–Kier alpha value is 1.61. The number of fused-ring (bicyclic) bond motifs is 5. The number of ether oxygens (including phenoxy) is 3. The van der Waals surface area contributed by atoms with Crippen molar-refractivity contribution < 1.29 is 127 Å². The van der Waals surface area contributed by atoms with E-state index >= 15 is 0 Å². The van der Waals surface area contributed by atoms with E-state index in [0.717, 1.165) is 4.88 Å². The number of esters is 1. The minimum atomic E-state index is -1.60. The van der Waals surface area contributed by atoms with Crippen LogP contribution < -0.4 is 0 Å². The van der Waals surface area contributed by atoms with Crippen LogP contribution in [-0.2, 0) is 23.8 Å². The van der Waals surface area contributed by atoms with Crippen LogP contribution in [0, 0.1) is 124 Å². The Morgan fingerprint density at radius 3 is 2.48 bits per heavy atom. The van der Waals surface area contributed by atoms with Crippen LogP contribution in [0.2, 0.25) is 0 Å². The van der Waals surface area contributed by atoms with E-state index in [0.29, 0.717) is 23.5 Å². The zero-order chi connectivity index (χ0) is 31.0. The number of carbonyl (C=O) groups is 2. The number of hydrogen-bond acceptors (Lipinski definition) is 10. The summed E-state index contributed by atoms with van der Waals surface area (Å²) in [4.78, 5) is 28.9. The monoisotopic (exact) mass is 1070 g/mol. The van der Waals surface area contributed by atoms with E-state index in [9.17, 15) is 24.9 Å². The summed E-state index contributed by atoms with van der Waals surface area (Å²) in [6.45, 7) is 17.1. The Morgan fingerprint density at radius 1 is 1.27 bits per heavy atom. The molecular weight excluding hydrogens is 1030 g/mol. The van der Waals surface area contributed by atoms with Gasteiger partial charge in [0, 0.05) is 123 Å². The maximum Gasteiger partial charge on any atom is 0.309 e. The fourth-order valence-electron chi connectivity index (χ4n) is 8.60. The fourth-order valence-corrected chi connectivity index (χ4v) is 9.74. The van der Waals surface area contributed by atoms with E-state index < -0.39 is 81.9 Å². The maximum atomic E-state index is 14.6. The van der Waals surface area contributed by atoms with Gasteiger partial charge in [0.15, 0.2) is 5.78 Å². The SMILES string of the molecule is [Ac].[Ac].[CH][C@@H](c1cccs1)[C@@H](C)C(=O)OC1CC2(O)[C@@H](C)C3C4(O)COC4CC(OCSC)[C@@]3(C)C(=O)C(O)C(=C1C)C2(C)C. The number of thiophene rings is 1. The van der Waals surface area contributed by atoms with Gasteiger partial charge in [-0.2, -0.15) is 0 Å². The van der Waals surface area contributed by atoms with Crippen LogP contribution in [0.4, 0.5) is 0 Å². The summed E-state index contributed by atoms with van der Waals surface area (Å²) >= 11 is 2.94. The number of aliphatic hydroxyl groups is 3. The molecule has 0 aromatic carbocycles. The molecule has 3 fully saturated rings. The summed E-state index contributed by atoms with van der Waals surface area (Å²) < 4.78 is 18.1. The van der Waals surface area contributed by atoms with Gasteiger partial charge in [-0.25, -0.2) is 0 Å². The first-order valence-corrected chi connectivity index (χ1v) is 16.9. The molecule has 1 saturated heterocycles. The molecule has 5 rings (SSSR count). The topological polar surface area (TPSA) is 123 Å². The molecule has 0 amide bonds. The van der Waals surface area contributed by atoms with Gasteiger partial charge >= 0.3 is 5.97 Å². The number of thioether (sulfide) groups is 1. The van der Waals surface area contributed by atoms with E-state index in [1.807, 2.05) is 44.5 Å². The van der Waals surface area contributed by atoms with Gasteiger partial charge < -0.3 is 29.5 Å². The summed E-state index contributed by atoms with van der Waals surface area (Å²) in [7, 11) is 0. The molecule has 3 N–H and O–H groups in total. The smallest absolute Gasteiger partial charge is 0.309 e. The van der Waals surface area contributed by atoms with Gasteiger partial charge in [0.1, 0.15) is 17.8 Å². The van der Waals surface area contributed by atoms with E-state index in [-0.39, 0.29) is 101 Å². The van der Waals surface area contributed by atoms with Crippen LogP contribution in [-0.4, -0.2) is 81.5 Å². The van der Waals surface area contributed by atoms with Gasteiger partial charge in [-0.3, -0.25) is 9.59 Å². The Kier molecular flexibility index (Phi) is 13.2. The number of ketones is 1. The molecule has 4 aliphatic rings. The van der Waals surface area contributed by atoms with Crippen molar-refractivity contribution in [2.45, 2.75) is 95.9 Å². The van der Waals surface area contributed by atoms with E-state index in [4.69, 9.17) is 21.1 Å². The zero-order valence-corrected chi connectivity index (χ0v) is 37.7. The van der Waals surface area contributed by atoms with Gasteiger partial charge in [0.05, 0.1) is 41.7 Å². The van der Waals surface area contributed by atoms with Crippen molar-refractivity contribution in [3.05, 3.63) is 40.5 Å². The van der Waals surface area contributed by atoms with Crippen molar-refractivity contribution >= 4 is 34.9 Å². The molecule has 8 nitrogen and oxygen atoms in total. The molecule has 3 aliphatic carbocycles. The largest absolute Gasteiger partial charge is 0.457 e. The van der Waals surface area contributed by atoms with Crippen LogP contribution in [0.1, 0.15) is 65.2 Å². The standard InChI is InChI=1S/C32H44O8S2.2Ac/c1-16(21-10-9-11-42-21)17(2)28(35)40-20-13-32(37)19(4)26-30(7,27(34)25(33)24(18(20)3)29(32,5)6)22(39-15-41-8)12-23-31(26,36)14-38-23;;/h1,9-11,16-17,19-20,22-23,25-26,33,36-37H,12-15H2,2-8H3;;/t16-,17-,19+,20?,22?,23?,25?,26?,30-,31?,32?;;/m1../s1. The number of hydrogen-bond donors (Lipinski definition) is 3. The van der Waals surface area contributed by atoms with E-state index in [1.54, 1.807) is 20.8 Å². The van der Waals surface area contributed by atoms with Crippen molar-refractivity contribution in [1.29, 1.82) is 0 Å². The molecule has 44 heavy (non-hydrogen) atoms. The van der Waals surface area contributed by atoms with Crippen LogP contribution in [0.3, 0.4) is 0 Å². The number of rotatable bonds is 7. The van der Waals surface area contributed by atoms with Crippen molar-refractivity contribution in [3.8, 4) is 0 Å². The van der Waals surface area contributed by atoms with Crippen LogP contribution in [0.5, 0.6) is 0 Å². The third kappa shape index (κ3) is 6.03. The van der Waals surface area contributed by atoms with E-state index in [2.05, 4.69) is 0 Å². The molecular formula is C32H44Ac2O8S2. The first-order chi connectivity index (χ1) is 19.6. The van der Waals surface area contributed by atoms with Crippen molar-refractivity contribution in [2.24, 2.45) is 28.6 Å². The van der Waals surface area contributed by atoms with Gasteiger partial charge in [-0.1, -0.05) is 33.8 Å². The van der Waals surface area contributed by atoms with Gasteiger partial charge in [0.2, 0.25) is 0 Å². The van der Waals surface area contributed by atoms with Crippen LogP contribution in [0.15, 0.2) is 28.7 Å². The second-order valence-electron chi connectivity index (χ2n) is 13.5. The van der Waals surface area contributed by atoms with Crippen molar-refractivity contribution in [3.63, 3.8) is 0 Å². The molecule has 2 heterocycles. The maximum absolute atomic E-state index is 14.6. The normalized spacial score (nSPS) is 40.5. The quantitative estimate of drug-likeness (QED) is 0.212. The van der Waals surface area contributed by atoms with Gasteiger partial charge in [-0.05, 0) is 55.5 Å². The zero-order valence-electron chi connectivity index (χ0n) is 26.6. The summed E-state index contributed by atoms with van der Waals surface area (Å²) in [6, 6.07) is 3.75. The predicted octanol–water partition coefficient (Wildman–Crippen LogP) is 4.01. The Morgan fingerprint density at radius 2 is 1.93 bits per heavy atom. The predicted molar refractivity (Wildman–Crippen MR) is 161 cm³/mol. The average molecular weight is 1070 g/mol. The first kappa shape index (κ1) is 40.0. The first-order valence-electron chi connectivity index (χ1n) is 14.7. The molecule has 2 saturated carbocycles. The summed E-state index contributed by atoms with van der Waals surface area (Å²) in [6.07, 6.45) is -1.45. The summed E-state index contributed by atoms with van der Waals surface area (Å²) in [5.74, 6) is -3.34. The molecule has 0 spiro atoms. The molecule has 238 valence electrons. The minimum Gasteiger partial charge on any atom is -0.457 e. The van der Waals surface area contributed by atoms with Crippen LogP contribution >= 0.6 is 23.1 Å². The average Bonchev–Trinajstić information content (AvgIpc) is 3.47. The number of carbonyl (C=O) groups excluding carboxylic acids is 2. The summed E-state index contributed by atoms with van der Waals surface area (Å²) in [5.41, 5.74) is -4.47. The fraction of sp³-hybridized carbons (Fsp3) is 0.719. The van der Waals surface area contributed by atoms with Crippen molar-refractivity contribution in [2.75, 3.05) is 18.8 Å². The molecule has 2 bridgehead atoms. The second kappa shape index (κ2) is 14.5. The molecule has 1 aliphatic heterocycles. The second-order valence-corrected chi connectivity index (χ2v) is 15.3. The molecule has 4 radical (unpaired) electrons. The Labute approximate surface area is 341 Å².